The van der Waals surface area contributed by atoms with E-state index < -0.39 is 0 Å². The van der Waals surface area contributed by atoms with Gasteiger partial charge in [-0.15, -0.1) is 0 Å². The minimum atomic E-state index is 0.120. The van der Waals surface area contributed by atoms with Crippen molar-refractivity contribution in [2.24, 2.45) is 0 Å². The number of imidazole rings is 1. The lowest BCUT2D eigenvalue weighted by Crippen LogP contribution is -1.77. The predicted octanol–water partition coefficient (Wildman–Crippen LogP) is 0.916. The van der Waals surface area contributed by atoms with E-state index >= 15 is 0 Å². The summed E-state index contributed by atoms with van der Waals surface area (Å²) in [4.78, 5) is 6.24. The molecule has 1 aromatic rings. The molecular weight excluding hydrogens is 196 g/mol. The number of nitrogens with zero attached hydrogens (tertiary/aromatic N) is 3. The summed E-state index contributed by atoms with van der Waals surface area (Å²) in [5.41, 5.74) is 0.309. The number of halogens is 1. The van der Waals surface area contributed by atoms with Gasteiger partial charge in [-0.3, -0.25) is 0 Å². The van der Waals surface area contributed by atoms with Gasteiger partial charge in [-0.1, -0.05) is 0 Å². The highest BCUT2D eigenvalue weighted by Gasteiger charge is 2.05. The van der Waals surface area contributed by atoms with E-state index in [0.717, 1.165) is 0 Å². The highest BCUT2D eigenvalue weighted by molar-refractivity contribution is 9.10. The van der Waals surface area contributed by atoms with Crippen LogP contribution in [-0.4, -0.2) is 9.97 Å². The molecule has 0 spiro atoms. The lowest BCUT2D eigenvalue weighted by atomic mass is 10.4. The van der Waals surface area contributed by atoms with Crippen molar-refractivity contribution in [1.82, 2.24) is 9.97 Å². The SMILES string of the molecule is N#Cc1nc(Br)[nH]c1C#N. The van der Waals surface area contributed by atoms with E-state index in [1.807, 2.05) is 0 Å². The van der Waals surface area contributed by atoms with E-state index in [2.05, 4.69) is 25.9 Å². The molecule has 0 bridgehead atoms. The van der Waals surface area contributed by atoms with E-state index in [9.17, 15) is 0 Å². The molecule has 10 heavy (non-hydrogen) atoms. The first-order valence-electron chi connectivity index (χ1n) is 2.33. The number of hydrogen-bond acceptors (Lipinski definition) is 3. The van der Waals surface area contributed by atoms with Crippen LogP contribution in [0.25, 0.3) is 0 Å². The molecule has 5 heteroatoms. The Labute approximate surface area is 65.2 Å². The molecule has 0 fully saturated rings. The van der Waals surface area contributed by atoms with Crippen molar-refractivity contribution in [1.29, 1.82) is 10.5 Å². The quantitative estimate of drug-likeness (QED) is 0.671. The minimum Gasteiger partial charge on any atom is -0.323 e. The number of rotatable bonds is 0. The normalized spacial score (nSPS) is 8.30. The van der Waals surface area contributed by atoms with Crippen LogP contribution in [0.15, 0.2) is 4.73 Å². The third-order valence-electron chi connectivity index (χ3n) is 0.893. The van der Waals surface area contributed by atoms with Crippen molar-refractivity contribution in [3.8, 4) is 12.1 Å². The summed E-state index contributed by atoms with van der Waals surface area (Å²) in [5.74, 6) is 0. The van der Waals surface area contributed by atoms with Gasteiger partial charge in [-0.05, 0) is 15.9 Å². The van der Waals surface area contributed by atoms with E-state index in [0.29, 0.717) is 4.73 Å². The lowest BCUT2D eigenvalue weighted by Gasteiger charge is -1.73. The van der Waals surface area contributed by atoms with E-state index in [-0.39, 0.29) is 11.4 Å². The van der Waals surface area contributed by atoms with Gasteiger partial charge in [0.15, 0.2) is 16.1 Å². The summed E-state index contributed by atoms with van der Waals surface area (Å²) in [7, 11) is 0. The van der Waals surface area contributed by atoms with E-state index in [1.54, 1.807) is 12.1 Å². The number of H-pyrrole nitrogens is 1. The van der Waals surface area contributed by atoms with E-state index in [1.165, 1.54) is 0 Å². The Morgan fingerprint density at radius 1 is 1.40 bits per heavy atom. The molecule has 1 heterocycles. The molecule has 0 aliphatic rings. The van der Waals surface area contributed by atoms with Crippen LogP contribution in [0.2, 0.25) is 0 Å². The zero-order valence-corrected chi connectivity index (χ0v) is 6.31. The molecule has 0 aliphatic heterocycles. The van der Waals surface area contributed by atoms with Gasteiger partial charge in [0.1, 0.15) is 12.1 Å². The molecule has 4 nitrogen and oxygen atoms in total. The standard InChI is InChI=1S/C5HBrN4/c6-5-9-3(1-7)4(2-8)10-5/h(H,9,10). The van der Waals surface area contributed by atoms with Gasteiger partial charge in [0.25, 0.3) is 0 Å². The Morgan fingerprint density at radius 2 is 2.10 bits per heavy atom. The number of aromatic amines is 1. The van der Waals surface area contributed by atoms with Crippen LogP contribution < -0.4 is 0 Å². The second-order valence-electron chi connectivity index (χ2n) is 1.47. The largest absolute Gasteiger partial charge is 0.323 e. The number of nitrogens with one attached hydrogen (secondary N) is 1. The summed E-state index contributed by atoms with van der Waals surface area (Å²) in [6.07, 6.45) is 0. The van der Waals surface area contributed by atoms with Gasteiger partial charge in [0, 0.05) is 0 Å². The first-order chi connectivity index (χ1) is 4.77. The molecule has 1 rings (SSSR count). The molecule has 0 amide bonds. The fourth-order valence-electron chi connectivity index (χ4n) is 0.506. The minimum absolute atomic E-state index is 0.120. The van der Waals surface area contributed by atoms with Gasteiger partial charge >= 0.3 is 0 Å². The zero-order chi connectivity index (χ0) is 7.56. The van der Waals surface area contributed by atoms with Gasteiger partial charge in [0.2, 0.25) is 0 Å². The van der Waals surface area contributed by atoms with Crippen molar-refractivity contribution in [3.63, 3.8) is 0 Å². The van der Waals surface area contributed by atoms with Crippen LogP contribution in [0.3, 0.4) is 0 Å². The average molecular weight is 197 g/mol. The highest BCUT2D eigenvalue weighted by atomic mass is 79.9. The maximum Gasteiger partial charge on any atom is 0.177 e. The molecule has 0 atom stereocenters. The molecule has 0 radical (unpaired) electrons. The number of aromatic nitrogens is 2. The average Bonchev–Trinajstić information content (AvgIpc) is 2.30. The van der Waals surface area contributed by atoms with Crippen LogP contribution in [0.5, 0.6) is 0 Å². The summed E-state index contributed by atoms with van der Waals surface area (Å²) in [6, 6.07) is 3.57. The van der Waals surface area contributed by atoms with Crippen LogP contribution in [-0.2, 0) is 0 Å². The monoisotopic (exact) mass is 196 g/mol. The van der Waals surface area contributed by atoms with E-state index in [4.69, 9.17) is 10.5 Å². The molecule has 0 saturated carbocycles. The topological polar surface area (TPSA) is 76.3 Å². The molecule has 1 N–H and O–H groups in total. The summed E-state index contributed by atoms with van der Waals surface area (Å²) < 4.78 is 0.403. The zero-order valence-electron chi connectivity index (χ0n) is 4.72. The molecule has 48 valence electrons. The Morgan fingerprint density at radius 3 is 2.50 bits per heavy atom. The molecule has 1 aromatic heterocycles. The third-order valence-corrected chi connectivity index (χ3v) is 1.27. The molecule has 0 aliphatic carbocycles. The summed E-state index contributed by atoms with van der Waals surface area (Å²) in [6.45, 7) is 0. The van der Waals surface area contributed by atoms with Crippen molar-refractivity contribution in [3.05, 3.63) is 16.1 Å². The Hall–Kier alpha value is -1.33. The smallest absolute Gasteiger partial charge is 0.177 e. The first-order valence-corrected chi connectivity index (χ1v) is 3.13. The summed E-state index contributed by atoms with van der Waals surface area (Å²) >= 11 is 3.00. The number of hydrogen-bond donors (Lipinski definition) is 1. The van der Waals surface area contributed by atoms with Crippen LogP contribution in [0.4, 0.5) is 0 Å². The van der Waals surface area contributed by atoms with Gasteiger partial charge < -0.3 is 4.98 Å². The van der Waals surface area contributed by atoms with Crippen LogP contribution >= 0.6 is 15.9 Å². The van der Waals surface area contributed by atoms with Gasteiger partial charge in [0.05, 0.1) is 0 Å². The molecule has 0 unspecified atom stereocenters. The Balaban J connectivity index is 3.28. The fraction of sp³-hybridized carbons (Fsp3) is 0. The van der Waals surface area contributed by atoms with Gasteiger partial charge in [-0.25, -0.2) is 4.98 Å². The van der Waals surface area contributed by atoms with Crippen molar-refractivity contribution < 1.29 is 0 Å². The molecular formula is C5HBrN4. The first kappa shape index (κ1) is 6.79. The second-order valence-corrected chi connectivity index (χ2v) is 2.23. The van der Waals surface area contributed by atoms with Crippen molar-refractivity contribution in [2.45, 2.75) is 0 Å². The molecule has 0 saturated heterocycles. The predicted molar refractivity (Wildman–Crippen MR) is 35.7 cm³/mol. The summed E-state index contributed by atoms with van der Waals surface area (Å²) in [5, 5.41) is 16.7. The second kappa shape index (κ2) is 2.51. The number of nitriles is 2. The van der Waals surface area contributed by atoms with Gasteiger partial charge in [-0.2, -0.15) is 10.5 Å². The fourth-order valence-corrected chi connectivity index (χ4v) is 0.882. The van der Waals surface area contributed by atoms with Crippen molar-refractivity contribution in [2.75, 3.05) is 0 Å². The highest BCUT2D eigenvalue weighted by Crippen LogP contribution is 2.07. The third kappa shape index (κ3) is 0.996. The van der Waals surface area contributed by atoms with Crippen LogP contribution in [0, 0.1) is 22.7 Å². The van der Waals surface area contributed by atoms with Crippen LogP contribution in [0.1, 0.15) is 11.4 Å². The maximum atomic E-state index is 8.37. The molecule has 0 aromatic carbocycles. The Kier molecular flexibility index (Phi) is 1.70. The maximum absolute atomic E-state index is 8.37. The van der Waals surface area contributed by atoms with Crippen molar-refractivity contribution >= 4 is 15.9 Å². The lowest BCUT2D eigenvalue weighted by molar-refractivity contribution is 1.22. The Bertz CT molecular complexity index is 295.